The molecule has 28 heavy (non-hydrogen) atoms. The summed E-state index contributed by atoms with van der Waals surface area (Å²) in [6, 6.07) is 23.1. The number of fused-ring (bicyclic) bond motifs is 1. The molecule has 0 fully saturated rings. The van der Waals surface area contributed by atoms with Crippen molar-refractivity contribution in [1.29, 1.82) is 0 Å². The summed E-state index contributed by atoms with van der Waals surface area (Å²) in [7, 11) is 0. The van der Waals surface area contributed by atoms with Crippen LogP contribution in [0, 0.1) is 11.8 Å². The summed E-state index contributed by atoms with van der Waals surface area (Å²) in [5, 5.41) is 5.09. The number of benzene rings is 3. The van der Waals surface area contributed by atoms with Crippen LogP contribution in [0.15, 0.2) is 72.8 Å². The zero-order valence-electron chi connectivity index (χ0n) is 16.2. The van der Waals surface area contributed by atoms with Crippen molar-refractivity contribution in [3.63, 3.8) is 0 Å². The Hall–Kier alpha value is -3.14. The van der Waals surface area contributed by atoms with Crippen LogP contribution >= 0.6 is 0 Å². The van der Waals surface area contributed by atoms with Gasteiger partial charge < -0.3 is 14.8 Å². The van der Waals surface area contributed by atoms with Crippen molar-refractivity contribution >= 4 is 23.2 Å². The lowest BCUT2D eigenvalue weighted by molar-refractivity contribution is -0.113. The number of hydrogen-bond acceptors (Lipinski definition) is 3. The molecule has 3 rings (SSSR count). The second kappa shape index (κ2) is 9.18. The van der Waals surface area contributed by atoms with Gasteiger partial charge in [0.2, 0.25) is 0 Å². The minimum Gasteiger partial charge on any atom is -0.445 e. The lowest BCUT2D eigenvalue weighted by atomic mass is 9.85. The Labute approximate surface area is 165 Å². The minimum atomic E-state index is -0.533. The summed E-state index contributed by atoms with van der Waals surface area (Å²) in [5.41, 5.74) is 1.80. The third-order valence-electron chi connectivity index (χ3n) is 4.93. The van der Waals surface area contributed by atoms with Gasteiger partial charge in [0, 0.05) is 5.92 Å². The Morgan fingerprint density at radius 1 is 0.964 bits per heavy atom. The molecule has 0 aliphatic rings. The molecular weight excluding hydrogens is 350 g/mol. The Morgan fingerprint density at radius 3 is 2.32 bits per heavy atom. The molecule has 0 bridgehead atoms. The number of carbonyl (C=O) groups is 2. The van der Waals surface area contributed by atoms with E-state index in [4.69, 9.17) is 4.74 Å². The molecule has 1 N–H and O–H groups in total. The Balaban J connectivity index is 1.81. The molecule has 0 saturated carbocycles. The molecular formula is C24H25NO3. The Bertz CT molecular complexity index is 937. The van der Waals surface area contributed by atoms with Crippen molar-refractivity contribution in [3.05, 3.63) is 83.9 Å². The summed E-state index contributed by atoms with van der Waals surface area (Å²) in [6.45, 7) is 4.14. The van der Waals surface area contributed by atoms with E-state index in [9.17, 15) is 9.59 Å². The van der Waals surface area contributed by atoms with E-state index in [1.54, 1.807) is 0 Å². The van der Waals surface area contributed by atoms with E-state index >= 15 is 0 Å². The zero-order valence-corrected chi connectivity index (χ0v) is 16.2. The van der Waals surface area contributed by atoms with Crippen molar-refractivity contribution in [1.82, 2.24) is 5.32 Å². The van der Waals surface area contributed by atoms with Gasteiger partial charge in [-0.25, -0.2) is 4.79 Å². The molecule has 0 aliphatic heterocycles. The smallest absolute Gasteiger partial charge is 0.407 e. The van der Waals surface area contributed by atoms with Crippen molar-refractivity contribution < 1.29 is 14.3 Å². The number of rotatable bonds is 7. The third kappa shape index (κ3) is 4.77. The van der Waals surface area contributed by atoms with Gasteiger partial charge in [-0.15, -0.1) is 0 Å². The number of amides is 1. The van der Waals surface area contributed by atoms with Crippen LogP contribution in [0.4, 0.5) is 4.79 Å². The number of carbonyl (C=O) groups excluding carboxylic acids is 2. The van der Waals surface area contributed by atoms with Crippen molar-refractivity contribution in [2.24, 2.45) is 11.8 Å². The van der Waals surface area contributed by atoms with Crippen molar-refractivity contribution in [2.75, 3.05) is 0 Å². The van der Waals surface area contributed by atoms with Gasteiger partial charge in [0.15, 0.2) is 0 Å². The molecule has 4 heteroatoms. The fourth-order valence-electron chi connectivity index (χ4n) is 3.32. The average Bonchev–Trinajstić information content (AvgIpc) is 2.72. The number of aldehydes is 1. The highest BCUT2D eigenvalue weighted by Crippen LogP contribution is 2.29. The van der Waals surface area contributed by atoms with Crippen molar-refractivity contribution in [3.8, 4) is 0 Å². The van der Waals surface area contributed by atoms with Crippen molar-refractivity contribution in [2.45, 2.75) is 26.5 Å². The topological polar surface area (TPSA) is 55.4 Å². The van der Waals surface area contributed by atoms with E-state index in [1.165, 1.54) is 0 Å². The molecule has 0 saturated heterocycles. The van der Waals surface area contributed by atoms with E-state index in [0.29, 0.717) is 0 Å². The summed E-state index contributed by atoms with van der Waals surface area (Å²) in [6.07, 6.45) is 0.386. The van der Waals surface area contributed by atoms with Gasteiger partial charge in [-0.2, -0.15) is 0 Å². The molecule has 3 aromatic rings. The quantitative estimate of drug-likeness (QED) is 0.572. The maximum Gasteiger partial charge on any atom is 0.407 e. The normalized spacial score (nSPS) is 13.1. The number of hydrogen-bond donors (Lipinski definition) is 1. The second-order valence-corrected chi connectivity index (χ2v) is 7.25. The predicted molar refractivity (Wildman–Crippen MR) is 111 cm³/mol. The van der Waals surface area contributed by atoms with Gasteiger partial charge in [0.1, 0.15) is 12.9 Å². The SMILES string of the molecule is CC(C)[C@H](C=O)[C@H](NC(=O)OCc1ccccc1)c1ccc2ccccc2c1. The lowest BCUT2D eigenvalue weighted by Gasteiger charge is -2.27. The predicted octanol–water partition coefficient (Wildman–Crippen LogP) is 5.28. The maximum absolute atomic E-state index is 12.5. The van der Waals surface area contributed by atoms with Gasteiger partial charge in [-0.1, -0.05) is 80.6 Å². The summed E-state index contributed by atoms with van der Waals surface area (Å²) in [4.78, 5) is 24.3. The van der Waals surface area contributed by atoms with E-state index < -0.39 is 12.1 Å². The molecule has 0 spiro atoms. The van der Waals surface area contributed by atoms with Crippen LogP contribution in [-0.2, 0) is 16.1 Å². The molecule has 0 aliphatic carbocycles. The largest absolute Gasteiger partial charge is 0.445 e. The second-order valence-electron chi connectivity index (χ2n) is 7.25. The van der Waals surface area contributed by atoms with E-state index in [1.807, 2.05) is 86.6 Å². The van der Waals surface area contributed by atoms with Gasteiger partial charge in [0.25, 0.3) is 0 Å². The molecule has 4 nitrogen and oxygen atoms in total. The monoisotopic (exact) mass is 375 g/mol. The Kier molecular flexibility index (Phi) is 6.43. The van der Waals surface area contributed by atoms with Crippen LogP contribution < -0.4 is 5.32 Å². The lowest BCUT2D eigenvalue weighted by Crippen LogP contribution is -2.36. The zero-order chi connectivity index (χ0) is 19.9. The highest BCUT2D eigenvalue weighted by Gasteiger charge is 2.28. The standard InChI is InChI=1S/C24H25NO3/c1-17(2)22(15-26)23(21-13-12-19-10-6-7-11-20(19)14-21)25-24(27)28-16-18-8-4-3-5-9-18/h3-15,17,22-23H,16H2,1-2H3,(H,25,27)/t22-,23+/m0/s1. The average molecular weight is 375 g/mol. The van der Waals surface area contributed by atoms with Crippen LogP contribution in [0.2, 0.25) is 0 Å². The minimum absolute atomic E-state index is 0.0726. The highest BCUT2D eigenvalue weighted by atomic mass is 16.5. The number of ether oxygens (including phenoxy) is 1. The number of alkyl carbamates (subject to hydrolysis) is 1. The fraction of sp³-hybridized carbons (Fsp3) is 0.250. The summed E-state index contributed by atoms with van der Waals surface area (Å²) < 4.78 is 5.38. The molecule has 0 unspecified atom stereocenters. The first-order valence-electron chi connectivity index (χ1n) is 9.49. The molecule has 2 atom stereocenters. The van der Waals surface area contributed by atoms with E-state index in [2.05, 4.69) is 5.32 Å². The van der Waals surface area contributed by atoms with Gasteiger partial charge >= 0.3 is 6.09 Å². The van der Waals surface area contributed by atoms with Crippen LogP contribution in [-0.4, -0.2) is 12.4 Å². The summed E-state index contributed by atoms with van der Waals surface area (Å²) >= 11 is 0. The van der Waals surface area contributed by atoms with Crippen LogP contribution in [0.5, 0.6) is 0 Å². The molecule has 144 valence electrons. The molecule has 1 amide bonds. The molecule has 0 aromatic heterocycles. The third-order valence-corrected chi connectivity index (χ3v) is 4.93. The Morgan fingerprint density at radius 2 is 1.64 bits per heavy atom. The first kappa shape index (κ1) is 19.6. The van der Waals surface area contributed by atoms with Crippen LogP contribution in [0.3, 0.4) is 0 Å². The first-order chi connectivity index (χ1) is 13.6. The first-order valence-corrected chi connectivity index (χ1v) is 9.49. The van der Waals surface area contributed by atoms with Gasteiger partial charge in [0.05, 0.1) is 6.04 Å². The van der Waals surface area contributed by atoms with E-state index in [0.717, 1.165) is 28.2 Å². The highest BCUT2D eigenvalue weighted by molar-refractivity contribution is 5.83. The fourth-order valence-corrected chi connectivity index (χ4v) is 3.32. The number of nitrogens with one attached hydrogen (secondary N) is 1. The molecule has 3 aromatic carbocycles. The van der Waals surface area contributed by atoms with E-state index in [-0.39, 0.29) is 18.4 Å². The van der Waals surface area contributed by atoms with Gasteiger partial charge in [-0.3, -0.25) is 0 Å². The van der Waals surface area contributed by atoms with Crippen LogP contribution in [0.25, 0.3) is 10.8 Å². The van der Waals surface area contributed by atoms with Gasteiger partial charge in [-0.05, 0) is 33.9 Å². The molecule has 0 radical (unpaired) electrons. The molecule has 0 heterocycles. The van der Waals surface area contributed by atoms with Crippen LogP contribution in [0.1, 0.15) is 31.0 Å². The maximum atomic E-state index is 12.5. The summed E-state index contributed by atoms with van der Waals surface area (Å²) in [5.74, 6) is -0.283.